The van der Waals surface area contributed by atoms with Gasteiger partial charge < -0.3 is 4.74 Å². The maximum absolute atomic E-state index is 5.69. The molecule has 5 heteroatoms. The summed E-state index contributed by atoms with van der Waals surface area (Å²) >= 11 is 5.69. The summed E-state index contributed by atoms with van der Waals surface area (Å²) in [5.41, 5.74) is 0.815. The van der Waals surface area contributed by atoms with Gasteiger partial charge >= 0.3 is 0 Å². The molecule has 0 aliphatic rings. The van der Waals surface area contributed by atoms with Crippen LogP contribution in [0.15, 0.2) is 38.5 Å². The van der Waals surface area contributed by atoms with Crippen molar-refractivity contribution in [2.45, 2.75) is 13.8 Å². The first-order valence-corrected chi connectivity index (χ1v) is 5.05. The highest BCUT2D eigenvalue weighted by atomic mass is 35.5. The molecule has 0 bridgehead atoms. The van der Waals surface area contributed by atoms with Gasteiger partial charge in [-0.2, -0.15) is 0 Å². The molecule has 0 heterocycles. The lowest BCUT2D eigenvalue weighted by molar-refractivity contribution is 0.411. The zero-order valence-electron chi connectivity index (χ0n) is 9.94. The second-order valence-corrected chi connectivity index (χ2v) is 3.44. The van der Waals surface area contributed by atoms with E-state index in [9.17, 15) is 0 Å². The molecular weight excluding hydrogens is 226 g/mol. The molecule has 0 aliphatic heterocycles. The molecule has 4 nitrogen and oxygen atoms in total. The highest BCUT2D eigenvalue weighted by Crippen LogP contribution is 1.98. The highest BCUT2D eigenvalue weighted by molar-refractivity contribution is 6.30. The number of allylic oxidation sites excluding steroid dienone is 2. The number of hydrogen-bond donors (Lipinski definition) is 0. The van der Waals surface area contributed by atoms with Gasteiger partial charge in [0.1, 0.15) is 0 Å². The Bertz CT molecular complexity index is 350. The van der Waals surface area contributed by atoms with Crippen LogP contribution in [0.5, 0.6) is 0 Å². The van der Waals surface area contributed by atoms with E-state index >= 15 is 0 Å². The van der Waals surface area contributed by atoms with E-state index in [1.165, 1.54) is 13.3 Å². The van der Waals surface area contributed by atoms with E-state index in [4.69, 9.17) is 16.3 Å². The molecule has 0 aliphatic carbocycles. The Morgan fingerprint density at radius 1 is 1.25 bits per heavy atom. The summed E-state index contributed by atoms with van der Waals surface area (Å²) in [6.07, 6.45) is 6.39. The van der Waals surface area contributed by atoms with Gasteiger partial charge in [-0.15, -0.1) is 0 Å². The van der Waals surface area contributed by atoms with Crippen LogP contribution >= 0.6 is 11.6 Å². The van der Waals surface area contributed by atoms with Gasteiger partial charge in [-0.1, -0.05) is 11.6 Å². The van der Waals surface area contributed by atoms with E-state index in [1.807, 2.05) is 6.92 Å². The summed E-state index contributed by atoms with van der Waals surface area (Å²) < 4.78 is 4.88. The van der Waals surface area contributed by atoms with Crippen molar-refractivity contribution in [1.29, 1.82) is 0 Å². The molecule has 0 saturated carbocycles. The monoisotopic (exact) mass is 241 g/mol. The summed E-state index contributed by atoms with van der Waals surface area (Å²) in [4.78, 5) is 11.9. The number of methoxy groups -OCH3 is 1. The van der Waals surface area contributed by atoms with Gasteiger partial charge in [0, 0.05) is 30.2 Å². The lowest BCUT2D eigenvalue weighted by Crippen LogP contribution is -2.01. The van der Waals surface area contributed by atoms with Crippen LogP contribution < -0.4 is 0 Å². The molecule has 0 fully saturated rings. The summed E-state index contributed by atoms with van der Waals surface area (Å²) in [5.74, 6) is 0.460. The van der Waals surface area contributed by atoms with Crippen molar-refractivity contribution in [2.75, 3.05) is 14.2 Å². The third-order valence-electron chi connectivity index (χ3n) is 1.45. The number of hydrogen-bond acceptors (Lipinski definition) is 4. The maximum Gasteiger partial charge on any atom is 0.227 e. The van der Waals surface area contributed by atoms with Crippen LogP contribution in [0.3, 0.4) is 0 Å². The van der Waals surface area contributed by atoms with Gasteiger partial charge in [-0.25, -0.2) is 0 Å². The van der Waals surface area contributed by atoms with Gasteiger partial charge in [0.15, 0.2) is 0 Å². The molecule has 0 aromatic heterocycles. The zero-order valence-corrected chi connectivity index (χ0v) is 10.7. The zero-order chi connectivity index (χ0) is 12.4. The predicted octanol–water partition coefficient (Wildman–Crippen LogP) is 2.81. The molecule has 0 N–H and O–H groups in total. The summed E-state index contributed by atoms with van der Waals surface area (Å²) in [6, 6.07) is 0. The lowest BCUT2D eigenvalue weighted by atomic mass is 10.4. The predicted molar refractivity (Wildman–Crippen MR) is 70.7 cm³/mol. The first-order valence-electron chi connectivity index (χ1n) is 4.67. The largest absolute Gasteiger partial charge is 0.480 e. The summed E-state index contributed by atoms with van der Waals surface area (Å²) in [6.45, 7) is 3.65. The molecule has 88 valence electrons. The van der Waals surface area contributed by atoms with E-state index in [-0.39, 0.29) is 0 Å². The molecule has 0 radical (unpaired) electrons. The van der Waals surface area contributed by atoms with Gasteiger partial charge in [-0.3, -0.25) is 15.0 Å². The number of ether oxygens (including phenoxy) is 1. The van der Waals surface area contributed by atoms with E-state index in [0.29, 0.717) is 10.9 Å². The van der Waals surface area contributed by atoms with Crippen LogP contribution in [0.25, 0.3) is 0 Å². The number of nitrogens with zero attached hydrogens (tertiary/aromatic N) is 3. The van der Waals surface area contributed by atoms with Gasteiger partial charge in [0.25, 0.3) is 0 Å². The smallest absolute Gasteiger partial charge is 0.227 e. The topological polar surface area (TPSA) is 46.3 Å². The Morgan fingerprint density at radius 3 is 2.44 bits per heavy atom. The Balaban J connectivity index is 4.27. The lowest BCUT2D eigenvalue weighted by Gasteiger charge is -1.93. The van der Waals surface area contributed by atoms with Gasteiger partial charge in [0.2, 0.25) is 5.90 Å². The van der Waals surface area contributed by atoms with Crippen molar-refractivity contribution in [3.05, 3.63) is 23.5 Å². The Hall–Kier alpha value is -1.42. The van der Waals surface area contributed by atoms with Crippen LogP contribution in [-0.2, 0) is 4.74 Å². The molecule has 0 amide bonds. The van der Waals surface area contributed by atoms with Crippen molar-refractivity contribution in [3.8, 4) is 0 Å². The minimum absolute atomic E-state index is 0.460. The molecular formula is C11H16ClN3O. The maximum atomic E-state index is 5.69. The molecule has 0 aromatic rings. The molecule has 0 unspecified atom stereocenters. The SMILES string of the molecule is CN=C(C=N\C=C/N=C(C)\C=C(/C)Cl)OC. The van der Waals surface area contributed by atoms with Gasteiger partial charge in [0.05, 0.1) is 13.3 Å². The second kappa shape index (κ2) is 8.85. The minimum atomic E-state index is 0.460. The average Bonchev–Trinajstić information content (AvgIpc) is 2.22. The summed E-state index contributed by atoms with van der Waals surface area (Å²) in [5, 5.41) is 0.693. The van der Waals surface area contributed by atoms with Crippen LogP contribution in [0.1, 0.15) is 13.8 Å². The van der Waals surface area contributed by atoms with E-state index in [0.717, 1.165) is 5.71 Å². The Kier molecular flexibility index (Phi) is 8.07. The fraction of sp³-hybridized carbons (Fsp3) is 0.364. The summed E-state index contributed by atoms with van der Waals surface area (Å²) in [7, 11) is 3.17. The molecule has 0 rings (SSSR count). The molecule has 0 saturated heterocycles. The fourth-order valence-corrected chi connectivity index (χ4v) is 0.981. The van der Waals surface area contributed by atoms with E-state index in [1.54, 1.807) is 32.4 Å². The van der Waals surface area contributed by atoms with Crippen LogP contribution in [0.4, 0.5) is 0 Å². The third kappa shape index (κ3) is 7.94. The minimum Gasteiger partial charge on any atom is -0.480 e. The fourth-order valence-electron chi connectivity index (χ4n) is 0.823. The molecule has 0 atom stereocenters. The van der Waals surface area contributed by atoms with Crippen molar-refractivity contribution >= 4 is 29.4 Å². The van der Waals surface area contributed by atoms with Crippen LogP contribution in [0.2, 0.25) is 0 Å². The van der Waals surface area contributed by atoms with Crippen molar-refractivity contribution in [3.63, 3.8) is 0 Å². The molecule has 0 aromatic carbocycles. The average molecular weight is 242 g/mol. The standard InChI is InChI=1S/C11H16ClN3O/c1-9(12)7-10(2)15-6-5-14-8-11(13-3)16-4/h5-8H,1-4H3/b6-5-,9-7+,13-11?,14-8?,15-10-. The number of aliphatic imine (C=N–C) groups is 3. The molecule has 0 spiro atoms. The van der Waals surface area contributed by atoms with E-state index < -0.39 is 0 Å². The Labute approximate surface area is 101 Å². The van der Waals surface area contributed by atoms with E-state index in [2.05, 4.69) is 15.0 Å². The highest BCUT2D eigenvalue weighted by Gasteiger charge is 1.86. The first kappa shape index (κ1) is 14.6. The third-order valence-corrected chi connectivity index (χ3v) is 1.56. The molecule has 16 heavy (non-hydrogen) atoms. The first-order chi connectivity index (χ1) is 7.60. The quantitative estimate of drug-likeness (QED) is 0.551. The Morgan fingerprint density at radius 2 is 1.94 bits per heavy atom. The van der Waals surface area contributed by atoms with Crippen LogP contribution in [-0.4, -0.2) is 32.0 Å². The van der Waals surface area contributed by atoms with Crippen molar-refractivity contribution in [2.24, 2.45) is 15.0 Å². The van der Waals surface area contributed by atoms with Crippen molar-refractivity contribution in [1.82, 2.24) is 0 Å². The van der Waals surface area contributed by atoms with Crippen LogP contribution in [0, 0.1) is 0 Å². The van der Waals surface area contributed by atoms with Crippen molar-refractivity contribution < 1.29 is 4.74 Å². The van der Waals surface area contributed by atoms with Gasteiger partial charge in [-0.05, 0) is 19.9 Å². The second-order valence-electron chi connectivity index (χ2n) is 2.84. The number of halogens is 1. The normalized spacial score (nSPS) is 15.2. The number of rotatable bonds is 4.